The SMILES string of the molecule is CNc1ccn(C(C)(C)C)n1. The fourth-order valence-electron chi connectivity index (χ4n) is 0.831. The van der Waals surface area contributed by atoms with E-state index in [0.717, 1.165) is 5.82 Å². The summed E-state index contributed by atoms with van der Waals surface area (Å²) >= 11 is 0. The molecule has 1 rings (SSSR count). The lowest BCUT2D eigenvalue weighted by Gasteiger charge is -2.18. The molecule has 3 heteroatoms. The first kappa shape index (κ1) is 8.11. The van der Waals surface area contributed by atoms with E-state index in [9.17, 15) is 0 Å². The van der Waals surface area contributed by atoms with E-state index in [-0.39, 0.29) is 5.54 Å². The lowest BCUT2D eigenvalue weighted by Crippen LogP contribution is -2.22. The van der Waals surface area contributed by atoms with Crippen molar-refractivity contribution >= 4 is 5.82 Å². The average molecular weight is 153 g/mol. The Morgan fingerprint density at radius 3 is 2.36 bits per heavy atom. The van der Waals surface area contributed by atoms with E-state index in [1.54, 1.807) is 0 Å². The van der Waals surface area contributed by atoms with Gasteiger partial charge in [-0.2, -0.15) is 5.10 Å². The molecule has 1 aromatic heterocycles. The zero-order valence-electron chi connectivity index (χ0n) is 7.55. The largest absolute Gasteiger partial charge is 0.372 e. The van der Waals surface area contributed by atoms with Gasteiger partial charge in [0.2, 0.25) is 0 Å². The van der Waals surface area contributed by atoms with Gasteiger partial charge in [-0.05, 0) is 20.8 Å². The van der Waals surface area contributed by atoms with Gasteiger partial charge in [-0.3, -0.25) is 4.68 Å². The van der Waals surface area contributed by atoms with E-state index in [2.05, 4.69) is 31.2 Å². The molecule has 1 heterocycles. The van der Waals surface area contributed by atoms with Gasteiger partial charge in [-0.1, -0.05) is 0 Å². The minimum absolute atomic E-state index is 0.0785. The third-order valence-electron chi connectivity index (χ3n) is 1.53. The zero-order valence-corrected chi connectivity index (χ0v) is 7.55. The van der Waals surface area contributed by atoms with E-state index in [4.69, 9.17) is 0 Å². The summed E-state index contributed by atoms with van der Waals surface area (Å²) < 4.78 is 1.94. The zero-order chi connectivity index (χ0) is 8.48. The number of anilines is 1. The van der Waals surface area contributed by atoms with Crippen molar-refractivity contribution < 1.29 is 0 Å². The fourth-order valence-corrected chi connectivity index (χ4v) is 0.831. The van der Waals surface area contributed by atoms with Crippen LogP contribution in [-0.4, -0.2) is 16.8 Å². The Bertz CT molecular complexity index is 232. The molecule has 0 atom stereocenters. The second kappa shape index (κ2) is 2.57. The molecule has 0 saturated carbocycles. The van der Waals surface area contributed by atoms with Crippen LogP contribution in [0.4, 0.5) is 5.82 Å². The number of aromatic nitrogens is 2. The van der Waals surface area contributed by atoms with E-state index in [0.29, 0.717) is 0 Å². The maximum absolute atomic E-state index is 4.31. The molecule has 0 spiro atoms. The molecule has 11 heavy (non-hydrogen) atoms. The lowest BCUT2D eigenvalue weighted by molar-refractivity contribution is 0.356. The van der Waals surface area contributed by atoms with E-state index >= 15 is 0 Å². The molecule has 0 aromatic carbocycles. The van der Waals surface area contributed by atoms with E-state index < -0.39 is 0 Å². The second-order valence-corrected chi connectivity index (χ2v) is 3.57. The van der Waals surface area contributed by atoms with E-state index in [1.165, 1.54) is 0 Å². The van der Waals surface area contributed by atoms with Crippen molar-refractivity contribution in [2.24, 2.45) is 0 Å². The highest BCUT2D eigenvalue weighted by Gasteiger charge is 2.12. The maximum atomic E-state index is 4.31. The first-order valence-corrected chi connectivity index (χ1v) is 3.78. The molecule has 0 bridgehead atoms. The summed E-state index contributed by atoms with van der Waals surface area (Å²) in [6.45, 7) is 6.37. The standard InChI is InChI=1S/C8H15N3/c1-8(2,3)11-6-5-7(9-4)10-11/h5-6H,1-4H3,(H,9,10). The maximum Gasteiger partial charge on any atom is 0.147 e. The first-order valence-electron chi connectivity index (χ1n) is 3.78. The van der Waals surface area contributed by atoms with Gasteiger partial charge in [0.05, 0.1) is 5.54 Å². The minimum atomic E-state index is 0.0785. The monoisotopic (exact) mass is 153 g/mol. The molecule has 3 nitrogen and oxygen atoms in total. The molecule has 0 fully saturated rings. The van der Waals surface area contributed by atoms with Crippen LogP contribution in [-0.2, 0) is 5.54 Å². The average Bonchev–Trinajstić information content (AvgIpc) is 2.32. The van der Waals surface area contributed by atoms with Crippen LogP contribution < -0.4 is 5.32 Å². The van der Waals surface area contributed by atoms with Crippen molar-refractivity contribution in [1.29, 1.82) is 0 Å². The van der Waals surface area contributed by atoms with Gasteiger partial charge in [-0.25, -0.2) is 0 Å². The van der Waals surface area contributed by atoms with Crippen LogP contribution in [0.15, 0.2) is 12.3 Å². The molecule has 0 amide bonds. The van der Waals surface area contributed by atoms with Crippen molar-refractivity contribution in [3.63, 3.8) is 0 Å². The van der Waals surface area contributed by atoms with Gasteiger partial charge in [-0.15, -0.1) is 0 Å². The quantitative estimate of drug-likeness (QED) is 0.665. The Balaban J connectivity index is 2.89. The van der Waals surface area contributed by atoms with Gasteiger partial charge in [0.1, 0.15) is 5.82 Å². The number of hydrogen-bond acceptors (Lipinski definition) is 2. The van der Waals surface area contributed by atoms with Gasteiger partial charge in [0.15, 0.2) is 0 Å². The van der Waals surface area contributed by atoms with Crippen LogP contribution in [0, 0.1) is 0 Å². The molecule has 0 unspecified atom stereocenters. The fraction of sp³-hybridized carbons (Fsp3) is 0.625. The molecule has 0 aliphatic heterocycles. The lowest BCUT2D eigenvalue weighted by atomic mass is 10.1. The van der Waals surface area contributed by atoms with Crippen LogP contribution in [0.1, 0.15) is 20.8 Å². The third-order valence-corrected chi connectivity index (χ3v) is 1.53. The Kier molecular flexibility index (Phi) is 1.89. The Morgan fingerprint density at radius 1 is 1.45 bits per heavy atom. The van der Waals surface area contributed by atoms with Crippen molar-refractivity contribution in [3.8, 4) is 0 Å². The Morgan fingerprint density at radius 2 is 2.09 bits per heavy atom. The predicted octanol–water partition coefficient (Wildman–Crippen LogP) is 1.68. The Labute approximate surface area is 67.4 Å². The highest BCUT2D eigenvalue weighted by molar-refractivity contribution is 5.30. The van der Waals surface area contributed by atoms with Crippen LogP contribution in [0.2, 0.25) is 0 Å². The van der Waals surface area contributed by atoms with Crippen LogP contribution in [0.5, 0.6) is 0 Å². The topological polar surface area (TPSA) is 29.9 Å². The number of hydrogen-bond donors (Lipinski definition) is 1. The predicted molar refractivity (Wildman–Crippen MR) is 46.8 cm³/mol. The molecule has 62 valence electrons. The summed E-state index contributed by atoms with van der Waals surface area (Å²) in [5.74, 6) is 0.917. The molecule has 1 N–H and O–H groups in total. The second-order valence-electron chi connectivity index (χ2n) is 3.57. The van der Waals surface area contributed by atoms with Crippen molar-refractivity contribution in [1.82, 2.24) is 9.78 Å². The van der Waals surface area contributed by atoms with Crippen molar-refractivity contribution in [2.45, 2.75) is 26.3 Å². The summed E-state index contributed by atoms with van der Waals surface area (Å²) in [7, 11) is 1.87. The molecule has 0 saturated heterocycles. The summed E-state index contributed by atoms with van der Waals surface area (Å²) in [6, 6.07) is 1.96. The number of rotatable bonds is 1. The van der Waals surface area contributed by atoms with Crippen LogP contribution in [0.3, 0.4) is 0 Å². The molecular weight excluding hydrogens is 138 g/mol. The van der Waals surface area contributed by atoms with Crippen molar-refractivity contribution in [2.75, 3.05) is 12.4 Å². The first-order chi connectivity index (χ1) is 5.04. The molecule has 0 aliphatic rings. The highest BCUT2D eigenvalue weighted by Crippen LogP contribution is 2.13. The van der Waals surface area contributed by atoms with Gasteiger partial charge >= 0.3 is 0 Å². The number of nitrogens with one attached hydrogen (secondary N) is 1. The van der Waals surface area contributed by atoms with Crippen molar-refractivity contribution in [3.05, 3.63) is 12.3 Å². The van der Waals surface area contributed by atoms with Gasteiger partial charge in [0, 0.05) is 19.3 Å². The van der Waals surface area contributed by atoms with E-state index in [1.807, 2.05) is 24.0 Å². The highest BCUT2D eigenvalue weighted by atomic mass is 15.3. The normalized spacial score (nSPS) is 11.6. The third kappa shape index (κ3) is 1.73. The molecule has 0 radical (unpaired) electrons. The molecular formula is C8H15N3. The summed E-state index contributed by atoms with van der Waals surface area (Å²) in [5, 5.41) is 7.29. The smallest absolute Gasteiger partial charge is 0.147 e. The summed E-state index contributed by atoms with van der Waals surface area (Å²) in [5.41, 5.74) is 0.0785. The Hall–Kier alpha value is -0.990. The molecule has 1 aromatic rings. The van der Waals surface area contributed by atoms with Gasteiger partial charge < -0.3 is 5.32 Å². The summed E-state index contributed by atoms with van der Waals surface area (Å²) in [6.07, 6.45) is 1.98. The van der Waals surface area contributed by atoms with Crippen LogP contribution >= 0.6 is 0 Å². The minimum Gasteiger partial charge on any atom is -0.372 e. The van der Waals surface area contributed by atoms with Gasteiger partial charge in [0.25, 0.3) is 0 Å². The molecule has 0 aliphatic carbocycles. The van der Waals surface area contributed by atoms with Crippen LogP contribution in [0.25, 0.3) is 0 Å². The number of nitrogens with zero attached hydrogens (tertiary/aromatic N) is 2. The summed E-state index contributed by atoms with van der Waals surface area (Å²) in [4.78, 5) is 0.